The van der Waals surface area contributed by atoms with Crippen molar-refractivity contribution in [1.82, 2.24) is 15.1 Å². The van der Waals surface area contributed by atoms with Crippen LogP contribution in [0.3, 0.4) is 0 Å². The summed E-state index contributed by atoms with van der Waals surface area (Å²) in [6.45, 7) is 10.1. The van der Waals surface area contributed by atoms with E-state index in [2.05, 4.69) is 42.5 Å². The molecule has 0 aliphatic rings. The van der Waals surface area contributed by atoms with E-state index in [1.165, 1.54) is 11.1 Å². The van der Waals surface area contributed by atoms with Gasteiger partial charge in [0.25, 0.3) is 0 Å². The quantitative estimate of drug-likeness (QED) is 0.845. The number of nitrogens with zero attached hydrogens (tertiary/aromatic N) is 2. The Morgan fingerprint density at radius 1 is 1.25 bits per heavy atom. The molecule has 0 atom stereocenters. The number of halogens is 1. The van der Waals surface area contributed by atoms with E-state index in [9.17, 15) is 0 Å². The Bertz CT molecular complexity index is 602. The fourth-order valence-corrected chi connectivity index (χ4v) is 2.38. The van der Waals surface area contributed by atoms with Crippen LogP contribution in [0, 0.1) is 20.8 Å². The standard InChI is InChI=1S/C16H22ClN3/c1-5-8-18-10-14-7-6-11(2)15(9-14)20-13(4)16(17)12(3)19-20/h6-7,9,18H,5,8,10H2,1-4H3. The molecule has 0 saturated carbocycles. The van der Waals surface area contributed by atoms with Crippen LogP contribution in [0.1, 0.15) is 35.9 Å². The van der Waals surface area contributed by atoms with Gasteiger partial charge in [0.2, 0.25) is 0 Å². The van der Waals surface area contributed by atoms with E-state index >= 15 is 0 Å². The minimum Gasteiger partial charge on any atom is -0.313 e. The molecule has 0 bridgehead atoms. The van der Waals surface area contributed by atoms with E-state index < -0.39 is 0 Å². The molecule has 4 heteroatoms. The van der Waals surface area contributed by atoms with Gasteiger partial charge in [-0.3, -0.25) is 0 Å². The van der Waals surface area contributed by atoms with Crippen LogP contribution < -0.4 is 5.32 Å². The molecule has 0 spiro atoms. The molecule has 1 aromatic heterocycles. The Hall–Kier alpha value is -1.32. The molecular weight excluding hydrogens is 270 g/mol. The van der Waals surface area contributed by atoms with E-state index in [0.717, 1.165) is 41.6 Å². The third-order valence-corrected chi connectivity index (χ3v) is 4.01. The molecule has 1 heterocycles. The Labute approximate surface area is 126 Å². The average molecular weight is 292 g/mol. The van der Waals surface area contributed by atoms with Gasteiger partial charge in [-0.15, -0.1) is 0 Å². The van der Waals surface area contributed by atoms with Crippen molar-refractivity contribution in [2.24, 2.45) is 0 Å². The first-order valence-corrected chi connectivity index (χ1v) is 7.44. The van der Waals surface area contributed by atoms with Gasteiger partial charge < -0.3 is 5.32 Å². The minimum atomic E-state index is 0.749. The van der Waals surface area contributed by atoms with Crippen molar-refractivity contribution >= 4 is 11.6 Å². The van der Waals surface area contributed by atoms with Crippen molar-refractivity contribution in [3.05, 3.63) is 45.7 Å². The molecule has 108 valence electrons. The molecule has 0 radical (unpaired) electrons. The summed E-state index contributed by atoms with van der Waals surface area (Å²) in [6, 6.07) is 6.49. The van der Waals surface area contributed by atoms with Gasteiger partial charge >= 0.3 is 0 Å². The second-order valence-corrected chi connectivity index (χ2v) is 5.57. The molecule has 3 nitrogen and oxygen atoms in total. The number of hydrogen-bond donors (Lipinski definition) is 1. The zero-order valence-corrected chi connectivity index (χ0v) is 13.4. The average Bonchev–Trinajstić information content (AvgIpc) is 2.69. The highest BCUT2D eigenvalue weighted by Crippen LogP contribution is 2.24. The summed E-state index contributed by atoms with van der Waals surface area (Å²) in [6.07, 6.45) is 1.14. The van der Waals surface area contributed by atoms with Crippen molar-refractivity contribution in [3.63, 3.8) is 0 Å². The van der Waals surface area contributed by atoms with Crippen LogP contribution in [0.5, 0.6) is 0 Å². The fraction of sp³-hybridized carbons (Fsp3) is 0.438. The first-order valence-electron chi connectivity index (χ1n) is 7.07. The number of hydrogen-bond acceptors (Lipinski definition) is 2. The Kier molecular flexibility index (Phi) is 4.84. The van der Waals surface area contributed by atoms with E-state index in [4.69, 9.17) is 11.6 Å². The van der Waals surface area contributed by atoms with Crippen molar-refractivity contribution in [3.8, 4) is 5.69 Å². The zero-order valence-electron chi connectivity index (χ0n) is 12.6. The van der Waals surface area contributed by atoms with E-state index in [1.54, 1.807) is 0 Å². The van der Waals surface area contributed by atoms with Gasteiger partial charge in [0.05, 0.1) is 22.1 Å². The summed E-state index contributed by atoms with van der Waals surface area (Å²) in [5.74, 6) is 0. The third-order valence-electron chi connectivity index (χ3n) is 3.46. The molecule has 0 aliphatic carbocycles. The summed E-state index contributed by atoms with van der Waals surface area (Å²) in [4.78, 5) is 0. The molecule has 0 aliphatic heterocycles. The number of rotatable bonds is 5. The van der Waals surface area contributed by atoms with Gasteiger partial charge in [-0.1, -0.05) is 30.7 Å². The van der Waals surface area contributed by atoms with Crippen molar-refractivity contribution in [1.29, 1.82) is 0 Å². The second-order valence-electron chi connectivity index (χ2n) is 5.19. The van der Waals surface area contributed by atoms with Crippen molar-refractivity contribution in [2.75, 3.05) is 6.54 Å². The fourth-order valence-electron chi connectivity index (χ4n) is 2.26. The highest BCUT2D eigenvalue weighted by atomic mass is 35.5. The van der Waals surface area contributed by atoms with Crippen LogP contribution in [0.25, 0.3) is 5.69 Å². The molecule has 2 aromatic rings. The molecule has 2 rings (SSSR count). The lowest BCUT2D eigenvalue weighted by atomic mass is 10.1. The number of aromatic nitrogens is 2. The number of benzene rings is 1. The molecule has 0 amide bonds. The second kappa shape index (κ2) is 6.42. The lowest BCUT2D eigenvalue weighted by molar-refractivity contribution is 0.674. The first kappa shape index (κ1) is 15.1. The smallest absolute Gasteiger partial charge is 0.0848 e. The predicted octanol–water partition coefficient (Wildman–Crippen LogP) is 3.95. The van der Waals surface area contributed by atoms with Crippen LogP contribution in [-0.4, -0.2) is 16.3 Å². The maximum absolute atomic E-state index is 6.25. The summed E-state index contributed by atoms with van der Waals surface area (Å²) in [5.41, 5.74) is 5.44. The highest BCUT2D eigenvalue weighted by Gasteiger charge is 2.12. The zero-order chi connectivity index (χ0) is 14.7. The molecule has 1 aromatic carbocycles. The first-order chi connectivity index (χ1) is 9.54. The SMILES string of the molecule is CCCNCc1ccc(C)c(-n2nc(C)c(Cl)c2C)c1. The van der Waals surface area contributed by atoms with Gasteiger partial charge in [0.1, 0.15) is 0 Å². The summed E-state index contributed by atoms with van der Waals surface area (Å²) in [5, 5.41) is 8.72. The maximum Gasteiger partial charge on any atom is 0.0848 e. The Morgan fingerprint density at radius 2 is 2.00 bits per heavy atom. The van der Waals surface area contributed by atoms with Crippen LogP contribution in [0.4, 0.5) is 0 Å². The van der Waals surface area contributed by atoms with Gasteiger partial charge in [-0.25, -0.2) is 4.68 Å². The van der Waals surface area contributed by atoms with E-state index in [0.29, 0.717) is 0 Å². The van der Waals surface area contributed by atoms with Crippen LogP contribution in [0.2, 0.25) is 5.02 Å². The van der Waals surface area contributed by atoms with Crippen LogP contribution in [-0.2, 0) is 6.54 Å². The highest BCUT2D eigenvalue weighted by molar-refractivity contribution is 6.31. The Morgan fingerprint density at radius 3 is 2.60 bits per heavy atom. The van der Waals surface area contributed by atoms with Crippen LogP contribution in [0.15, 0.2) is 18.2 Å². The predicted molar refractivity (Wildman–Crippen MR) is 84.8 cm³/mol. The number of nitrogens with one attached hydrogen (secondary N) is 1. The molecule has 1 N–H and O–H groups in total. The molecule has 0 fully saturated rings. The summed E-state index contributed by atoms with van der Waals surface area (Å²) >= 11 is 6.25. The lowest BCUT2D eigenvalue weighted by Crippen LogP contribution is -2.14. The monoisotopic (exact) mass is 291 g/mol. The minimum absolute atomic E-state index is 0.749. The Balaban J connectivity index is 2.35. The van der Waals surface area contributed by atoms with Crippen LogP contribution >= 0.6 is 11.6 Å². The molecular formula is C16H22ClN3. The topological polar surface area (TPSA) is 29.9 Å². The molecule has 20 heavy (non-hydrogen) atoms. The van der Waals surface area contributed by atoms with Gasteiger partial charge in [-0.05, 0) is 50.9 Å². The van der Waals surface area contributed by atoms with Gasteiger partial charge in [0.15, 0.2) is 0 Å². The van der Waals surface area contributed by atoms with Crippen molar-refractivity contribution < 1.29 is 0 Å². The van der Waals surface area contributed by atoms with Crippen molar-refractivity contribution in [2.45, 2.75) is 40.7 Å². The largest absolute Gasteiger partial charge is 0.313 e. The molecule has 0 unspecified atom stereocenters. The number of aryl methyl sites for hydroxylation is 2. The van der Waals surface area contributed by atoms with Gasteiger partial charge in [0, 0.05) is 6.54 Å². The summed E-state index contributed by atoms with van der Waals surface area (Å²) in [7, 11) is 0. The third kappa shape index (κ3) is 3.05. The lowest BCUT2D eigenvalue weighted by Gasteiger charge is -2.11. The van der Waals surface area contributed by atoms with E-state index in [-0.39, 0.29) is 0 Å². The van der Waals surface area contributed by atoms with E-state index in [1.807, 2.05) is 18.5 Å². The summed E-state index contributed by atoms with van der Waals surface area (Å²) < 4.78 is 1.94. The normalized spacial score (nSPS) is 11.1. The molecule has 0 saturated heterocycles. The van der Waals surface area contributed by atoms with Gasteiger partial charge in [-0.2, -0.15) is 5.10 Å². The maximum atomic E-state index is 6.25.